The van der Waals surface area contributed by atoms with Crippen LogP contribution < -0.4 is 0 Å². The topological polar surface area (TPSA) is 38.2 Å². The van der Waals surface area contributed by atoms with Crippen LogP contribution in [0.2, 0.25) is 0 Å². The van der Waals surface area contributed by atoms with Crippen LogP contribution in [0.25, 0.3) is 0 Å². The lowest BCUT2D eigenvalue weighted by Gasteiger charge is -2.32. The summed E-state index contributed by atoms with van der Waals surface area (Å²) >= 11 is 0. The average Bonchev–Trinajstić information content (AvgIpc) is 2.49. The van der Waals surface area contributed by atoms with E-state index in [1.54, 1.807) is 0 Å². The largest absolute Gasteiger partial charge is 0.369 e. The van der Waals surface area contributed by atoms with Crippen LogP contribution in [0.1, 0.15) is 28.9 Å². The minimum absolute atomic E-state index is 0.160. The number of halogens is 2. The van der Waals surface area contributed by atoms with Crippen LogP contribution in [0.15, 0.2) is 24.3 Å². The maximum atomic E-state index is 13.8. The summed E-state index contributed by atoms with van der Waals surface area (Å²) in [4.78, 5) is 10.8. The van der Waals surface area contributed by atoms with E-state index in [0.29, 0.717) is 37.6 Å². The van der Waals surface area contributed by atoms with Gasteiger partial charge < -0.3 is 4.74 Å². The van der Waals surface area contributed by atoms with E-state index >= 15 is 0 Å². The molecule has 6 heteroatoms. The lowest BCUT2D eigenvalue weighted by Crippen LogP contribution is -2.38. The molecule has 1 aromatic carbocycles. The summed E-state index contributed by atoms with van der Waals surface area (Å²) < 4.78 is 32.6. The molecule has 1 aliphatic heterocycles. The molecule has 0 N–H and O–H groups in total. The van der Waals surface area contributed by atoms with Crippen LogP contribution in [0, 0.1) is 25.5 Å². The minimum Gasteiger partial charge on any atom is -0.369 e. The molecule has 23 heavy (non-hydrogen) atoms. The maximum Gasteiger partial charge on any atom is 0.130 e. The second-order valence-corrected chi connectivity index (χ2v) is 5.81. The Morgan fingerprint density at radius 1 is 1.22 bits per heavy atom. The normalized spacial score (nSPS) is 19.0. The van der Waals surface area contributed by atoms with Crippen molar-refractivity contribution in [3.63, 3.8) is 0 Å². The van der Waals surface area contributed by atoms with Gasteiger partial charge in [-0.25, -0.2) is 18.7 Å². The van der Waals surface area contributed by atoms with Crippen molar-refractivity contribution >= 4 is 0 Å². The molecule has 1 atom stereocenters. The molecule has 1 fully saturated rings. The molecular formula is C17H19F2N3O. The first kappa shape index (κ1) is 16.0. The number of benzene rings is 1. The van der Waals surface area contributed by atoms with E-state index in [2.05, 4.69) is 14.9 Å². The molecule has 0 amide bonds. The fourth-order valence-corrected chi connectivity index (χ4v) is 2.83. The van der Waals surface area contributed by atoms with Gasteiger partial charge >= 0.3 is 0 Å². The zero-order valence-electron chi connectivity index (χ0n) is 13.2. The lowest BCUT2D eigenvalue weighted by molar-refractivity contribution is -0.0354. The first-order valence-electron chi connectivity index (χ1n) is 7.61. The summed E-state index contributed by atoms with van der Waals surface area (Å²) in [6.07, 6.45) is -0.160. The van der Waals surface area contributed by atoms with Gasteiger partial charge in [-0.15, -0.1) is 0 Å². The number of nitrogens with zero attached hydrogens (tertiary/aromatic N) is 3. The van der Waals surface area contributed by atoms with Crippen LogP contribution in [0.3, 0.4) is 0 Å². The number of rotatable bonds is 3. The van der Waals surface area contributed by atoms with E-state index < -0.39 is 11.6 Å². The minimum atomic E-state index is -0.557. The van der Waals surface area contributed by atoms with Crippen LogP contribution in [-0.4, -0.2) is 34.6 Å². The summed E-state index contributed by atoms with van der Waals surface area (Å²) in [5.41, 5.74) is 2.24. The Morgan fingerprint density at radius 3 is 2.78 bits per heavy atom. The molecule has 0 radical (unpaired) electrons. The van der Waals surface area contributed by atoms with Gasteiger partial charge in [-0.1, -0.05) is 6.07 Å². The van der Waals surface area contributed by atoms with Crippen LogP contribution in [0.4, 0.5) is 8.78 Å². The average molecular weight is 319 g/mol. The molecule has 1 aliphatic rings. The van der Waals surface area contributed by atoms with Gasteiger partial charge in [-0.3, -0.25) is 4.90 Å². The number of aryl methyl sites for hydroxylation is 2. The fraction of sp³-hybridized carbons (Fsp3) is 0.412. The summed E-state index contributed by atoms with van der Waals surface area (Å²) in [5.74, 6) is -0.356. The first-order chi connectivity index (χ1) is 11.0. The predicted octanol–water partition coefficient (Wildman–Crippen LogP) is 2.95. The quantitative estimate of drug-likeness (QED) is 0.872. The summed E-state index contributed by atoms with van der Waals surface area (Å²) in [7, 11) is 0. The number of hydrogen-bond donors (Lipinski definition) is 0. The first-order valence-corrected chi connectivity index (χ1v) is 7.61. The van der Waals surface area contributed by atoms with Crippen molar-refractivity contribution in [2.45, 2.75) is 26.5 Å². The third kappa shape index (κ3) is 3.89. The van der Waals surface area contributed by atoms with Crippen molar-refractivity contribution in [1.82, 2.24) is 14.9 Å². The number of ether oxygens (including phenoxy) is 1. The third-order valence-corrected chi connectivity index (χ3v) is 3.88. The van der Waals surface area contributed by atoms with Crippen molar-refractivity contribution in [2.24, 2.45) is 0 Å². The standard InChI is InChI=1S/C17H19F2N3O/c1-11-7-16(21-12(2)20-11)17-10-22(5-6-23-17)9-13-3-4-14(18)8-15(13)19/h3-4,7-8,17H,5-6,9-10H2,1-2H3. The van der Waals surface area contributed by atoms with Crippen molar-refractivity contribution < 1.29 is 13.5 Å². The zero-order valence-corrected chi connectivity index (χ0v) is 13.2. The zero-order chi connectivity index (χ0) is 16.4. The van der Waals surface area contributed by atoms with E-state index in [1.165, 1.54) is 12.1 Å². The van der Waals surface area contributed by atoms with E-state index in [0.717, 1.165) is 17.5 Å². The molecule has 2 heterocycles. The SMILES string of the molecule is Cc1cc(C2CN(Cc3ccc(F)cc3F)CCO2)nc(C)n1. The molecule has 1 unspecified atom stereocenters. The van der Waals surface area contributed by atoms with Crippen LogP contribution >= 0.6 is 0 Å². The Hall–Kier alpha value is -1.92. The van der Waals surface area contributed by atoms with Gasteiger partial charge in [0.05, 0.1) is 12.3 Å². The van der Waals surface area contributed by atoms with Gasteiger partial charge in [0.15, 0.2) is 0 Å². The molecule has 1 saturated heterocycles. The van der Waals surface area contributed by atoms with Crippen molar-refractivity contribution in [3.05, 3.63) is 58.7 Å². The summed E-state index contributed by atoms with van der Waals surface area (Å²) in [5, 5.41) is 0. The smallest absolute Gasteiger partial charge is 0.130 e. The number of hydrogen-bond acceptors (Lipinski definition) is 4. The van der Waals surface area contributed by atoms with E-state index in [9.17, 15) is 8.78 Å². The molecule has 0 bridgehead atoms. The molecule has 2 aromatic rings. The molecule has 1 aromatic heterocycles. The van der Waals surface area contributed by atoms with Crippen LogP contribution in [0.5, 0.6) is 0 Å². The highest BCUT2D eigenvalue weighted by atomic mass is 19.1. The van der Waals surface area contributed by atoms with Gasteiger partial charge in [0.2, 0.25) is 0 Å². The highest BCUT2D eigenvalue weighted by molar-refractivity contribution is 5.19. The molecule has 122 valence electrons. The molecule has 4 nitrogen and oxygen atoms in total. The van der Waals surface area contributed by atoms with Crippen molar-refractivity contribution in [3.8, 4) is 0 Å². The predicted molar refractivity (Wildman–Crippen MR) is 81.8 cm³/mol. The van der Waals surface area contributed by atoms with E-state index in [4.69, 9.17) is 4.74 Å². The second kappa shape index (κ2) is 6.68. The molecule has 3 rings (SSSR count). The highest BCUT2D eigenvalue weighted by Gasteiger charge is 2.24. The lowest BCUT2D eigenvalue weighted by atomic mass is 10.1. The molecular weight excluding hydrogens is 300 g/mol. The van der Waals surface area contributed by atoms with Crippen LogP contribution in [-0.2, 0) is 11.3 Å². The molecule has 0 spiro atoms. The van der Waals surface area contributed by atoms with E-state index in [-0.39, 0.29) is 6.10 Å². The Bertz CT molecular complexity index is 688. The van der Waals surface area contributed by atoms with Gasteiger partial charge in [0.25, 0.3) is 0 Å². The Morgan fingerprint density at radius 2 is 2.04 bits per heavy atom. The van der Waals surface area contributed by atoms with Crippen molar-refractivity contribution in [1.29, 1.82) is 0 Å². The van der Waals surface area contributed by atoms with Gasteiger partial charge in [0, 0.05) is 37.0 Å². The third-order valence-electron chi connectivity index (χ3n) is 3.88. The number of morpholine rings is 1. The van der Waals surface area contributed by atoms with E-state index in [1.807, 2.05) is 19.9 Å². The highest BCUT2D eigenvalue weighted by Crippen LogP contribution is 2.23. The number of aromatic nitrogens is 2. The van der Waals surface area contributed by atoms with Gasteiger partial charge in [-0.05, 0) is 26.0 Å². The Kier molecular flexibility index (Phi) is 4.63. The fourth-order valence-electron chi connectivity index (χ4n) is 2.83. The monoisotopic (exact) mass is 319 g/mol. The van der Waals surface area contributed by atoms with Gasteiger partial charge in [0.1, 0.15) is 23.6 Å². The Labute approximate surface area is 134 Å². The molecule has 0 saturated carbocycles. The van der Waals surface area contributed by atoms with Gasteiger partial charge in [-0.2, -0.15) is 0 Å². The summed E-state index contributed by atoms with van der Waals surface area (Å²) in [6, 6.07) is 5.62. The summed E-state index contributed by atoms with van der Waals surface area (Å²) in [6.45, 7) is 6.07. The van der Waals surface area contributed by atoms with Crippen molar-refractivity contribution in [2.75, 3.05) is 19.7 Å². The second-order valence-electron chi connectivity index (χ2n) is 5.81. The Balaban J connectivity index is 1.73. The molecule has 0 aliphatic carbocycles. The maximum absolute atomic E-state index is 13.8.